The summed E-state index contributed by atoms with van der Waals surface area (Å²) in [7, 11) is 0. The van der Waals surface area contributed by atoms with E-state index in [-0.39, 0.29) is 24.0 Å². The molecule has 3 aromatic heterocycles. The number of nitriles is 1. The Morgan fingerprint density at radius 3 is 2.54 bits per heavy atom. The van der Waals surface area contributed by atoms with E-state index in [1.807, 2.05) is 12.1 Å². The van der Waals surface area contributed by atoms with Crippen LogP contribution in [-0.4, -0.2) is 37.7 Å². The number of nitrogens with zero attached hydrogens (tertiary/aromatic N) is 6. The summed E-state index contributed by atoms with van der Waals surface area (Å²) in [5, 5.41) is 25.2. The Morgan fingerprint density at radius 1 is 1.20 bits per heavy atom. The second kappa shape index (κ2) is 10.4. The van der Waals surface area contributed by atoms with E-state index in [0.29, 0.717) is 45.6 Å². The van der Waals surface area contributed by atoms with Crippen LogP contribution in [0.4, 0.5) is 28.9 Å². The SMILES string of the molecule is Cc1nc(F)ccc1C(Nc1cc(I)c2ncc(C#N)c(NCC(C)(C)C)c2c1)c1cn(C2(C(F)(F)F)CC2)nn1. The molecule has 1 aromatic carbocycles. The second-order valence-electron chi connectivity index (χ2n) is 11.4. The third kappa shape index (κ3) is 5.66. The molecule has 1 saturated carbocycles. The molecule has 4 aromatic rings. The van der Waals surface area contributed by atoms with Crippen molar-refractivity contribution < 1.29 is 17.6 Å². The standard InChI is InChI=1S/C28H27F4IN8/c1-15-18(5-6-22(29)37-15)25(21-13-41(40-39-21)27(7-8-27)28(30,31)32)38-17-9-19-23(36-14-26(2,3)4)16(11-34)12-35-24(19)20(33)10-17/h5-6,9-10,12-13,25,38H,7-8,14H2,1-4H3,(H,35,36). The zero-order chi connectivity index (χ0) is 29.7. The van der Waals surface area contributed by atoms with E-state index in [9.17, 15) is 22.8 Å². The smallest absolute Gasteiger partial charge is 0.383 e. The summed E-state index contributed by atoms with van der Waals surface area (Å²) >= 11 is 2.16. The number of hydrogen-bond donors (Lipinski definition) is 2. The molecule has 0 aliphatic heterocycles. The van der Waals surface area contributed by atoms with Gasteiger partial charge in [0.25, 0.3) is 0 Å². The van der Waals surface area contributed by atoms with Crippen LogP contribution in [0.5, 0.6) is 0 Å². The van der Waals surface area contributed by atoms with Crippen molar-refractivity contribution in [2.75, 3.05) is 17.2 Å². The molecule has 0 amide bonds. The third-order valence-corrected chi connectivity index (χ3v) is 7.87. The van der Waals surface area contributed by atoms with E-state index in [0.717, 1.165) is 8.25 Å². The van der Waals surface area contributed by atoms with Gasteiger partial charge in [-0.15, -0.1) is 5.10 Å². The minimum atomic E-state index is -4.47. The maximum absolute atomic E-state index is 13.9. The minimum Gasteiger partial charge on any atom is -0.383 e. The molecule has 1 aliphatic rings. The molecule has 8 nitrogen and oxygen atoms in total. The predicted molar refractivity (Wildman–Crippen MR) is 155 cm³/mol. The first-order chi connectivity index (χ1) is 19.2. The van der Waals surface area contributed by atoms with Crippen molar-refractivity contribution in [3.8, 4) is 6.07 Å². The zero-order valence-corrected chi connectivity index (χ0v) is 24.9. The van der Waals surface area contributed by atoms with Crippen LogP contribution in [0, 0.1) is 33.2 Å². The monoisotopic (exact) mass is 678 g/mol. The van der Waals surface area contributed by atoms with Crippen LogP contribution >= 0.6 is 22.6 Å². The molecular weight excluding hydrogens is 651 g/mol. The van der Waals surface area contributed by atoms with Gasteiger partial charge in [0.05, 0.1) is 29.0 Å². The molecule has 13 heteroatoms. The Labute approximate surface area is 247 Å². The van der Waals surface area contributed by atoms with Gasteiger partial charge in [0.15, 0.2) is 5.54 Å². The van der Waals surface area contributed by atoms with Crippen molar-refractivity contribution in [1.29, 1.82) is 5.26 Å². The Morgan fingerprint density at radius 2 is 1.93 bits per heavy atom. The first kappa shape index (κ1) is 29.0. The number of alkyl halides is 3. The number of nitrogens with one attached hydrogen (secondary N) is 2. The molecule has 41 heavy (non-hydrogen) atoms. The van der Waals surface area contributed by atoms with Gasteiger partial charge in [0, 0.05) is 38.6 Å². The summed E-state index contributed by atoms with van der Waals surface area (Å²) in [6.07, 6.45) is -1.79. The molecule has 2 N–H and O–H groups in total. The lowest BCUT2D eigenvalue weighted by atomic mass is 9.96. The Kier molecular flexibility index (Phi) is 7.33. The summed E-state index contributed by atoms with van der Waals surface area (Å²) in [5.74, 6) is -0.674. The molecule has 5 rings (SSSR count). The molecule has 1 aliphatic carbocycles. The highest BCUT2D eigenvalue weighted by Crippen LogP contribution is 2.55. The molecular formula is C28H27F4IN8. The fourth-order valence-electron chi connectivity index (χ4n) is 4.67. The number of rotatable bonds is 7. The molecule has 0 spiro atoms. The number of aromatic nitrogens is 5. The lowest BCUT2D eigenvalue weighted by Crippen LogP contribution is -2.35. The number of aryl methyl sites for hydroxylation is 1. The van der Waals surface area contributed by atoms with Crippen LogP contribution in [-0.2, 0) is 5.54 Å². The van der Waals surface area contributed by atoms with E-state index >= 15 is 0 Å². The normalized spacial score (nSPS) is 15.4. The fraction of sp³-hybridized carbons (Fsp3) is 0.393. The van der Waals surface area contributed by atoms with Gasteiger partial charge in [-0.25, -0.2) is 9.67 Å². The summed E-state index contributed by atoms with van der Waals surface area (Å²) in [6, 6.07) is 7.80. The third-order valence-electron chi connectivity index (χ3n) is 7.05. The van der Waals surface area contributed by atoms with E-state index in [1.54, 1.807) is 6.92 Å². The van der Waals surface area contributed by atoms with Crippen molar-refractivity contribution in [2.45, 2.75) is 58.3 Å². The van der Waals surface area contributed by atoms with E-state index < -0.39 is 23.7 Å². The van der Waals surface area contributed by atoms with E-state index in [4.69, 9.17) is 0 Å². The molecule has 1 unspecified atom stereocenters. The molecule has 3 heterocycles. The van der Waals surface area contributed by atoms with Gasteiger partial charge in [-0.3, -0.25) is 4.98 Å². The number of fused-ring (bicyclic) bond motifs is 1. The molecule has 0 saturated heterocycles. The molecule has 1 fully saturated rings. The van der Waals surface area contributed by atoms with Crippen molar-refractivity contribution in [3.05, 3.63) is 68.7 Å². The maximum atomic E-state index is 13.9. The van der Waals surface area contributed by atoms with Gasteiger partial charge in [0.1, 0.15) is 11.8 Å². The van der Waals surface area contributed by atoms with Gasteiger partial charge >= 0.3 is 6.18 Å². The Hall–Kier alpha value is -3.54. The van der Waals surface area contributed by atoms with Crippen LogP contribution in [0.15, 0.2) is 36.7 Å². The minimum absolute atomic E-state index is 0.0648. The van der Waals surface area contributed by atoms with Crippen LogP contribution < -0.4 is 10.6 Å². The largest absolute Gasteiger partial charge is 0.413 e. The highest BCUT2D eigenvalue weighted by molar-refractivity contribution is 14.1. The van der Waals surface area contributed by atoms with Crippen LogP contribution in [0.25, 0.3) is 10.9 Å². The van der Waals surface area contributed by atoms with Crippen molar-refractivity contribution >= 4 is 44.9 Å². The molecule has 0 bridgehead atoms. The zero-order valence-electron chi connectivity index (χ0n) is 22.7. The number of pyridine rings is 2. The number of halogens is 5. The van der Waals surface area contributed by atoms with Crippen LogP contribution in [0.1, 0.15) is 62.2 Å². The lowest BCUT2D eigenvalue weighted by Gasteiger charge is -2.23. The van der Waals surface area contributed by atoms with Crippen molar-refractivity contribution in [2.24, 2.45) is 5.41 Å². The van der Waals surface area contributed by atoms with Crippen LogP contribution in [0.2, 0.25) is 0 Å². The van der Waals surface area contributed by atoms with Gasteiger partial charge < -0.3 is 10.6 Å². The molecule has 214 valence electrons. The molecule has 1 atom stereocenters. The highest BCUT2D eigenvalue weighted by Gasteiger charge is 2.66. The average Bonchev–Trinajstić information content (AvgIpc) is 3.57. The number of hydrogen-bond acceptors (Lipinski definition) is 7. The first-order valence-electron chi connectivity index (χ1n) is 12.9. The number of benzene rings is 1. The lowest BCUT2D eigenvalue weighted by molar-refractivity contribution is -0.182. The summed E-state index contributed by atoms with van der Waals surface area (Å²) in [5.41, 5.74) is 1.28. The van der Waals surface area contributed by atoms with Gasteiger partial charge in [-0.1, -0.05) is 32.1 Å². The van der Waals surface area contributed by atoms with Gasteiger partial charge in [-0.05, 0) is 66.0 Å². The summed E-state index contributed by atoms with van der Waals surface area (Å²) in [4.78, 5) is 8.42. The predicted octanol–water partition coefficient (Wildman–Crippen LogP) is 6.86. The average molecular weight is 678 g/mol. The Bertz CT molecular complexity index is 1660. The van der Waals surface area contributed by atoms with Crippen LogP contribution in [0.3, 0.4) is 0 Å². The Balaban J connectivity index is 1.61. The van der Waals surface area contributed by atoms with Gasteiger partial charge in [0.2, 0.25) is 5.95 Å². The van der Waals surface area contributed by atoms with E-state index in [1.165, 1.54) is 24.5 Å². The quantitative estimate of drug-likeness (QED) is 0.125. The van der Waals surface area contributed by atoms with E-state index in [2.05, 4.69) is 80.3 Å². The van der Waals surface area contributed by atoms with Crippen molar-refractivity contribution in [1.82, 2.24) is 25.0 Å². The highest BCUT2D eigenvalue weighted by atomic mass is 127. The fourth-order valence-corrected chi connectivity index (χ4v) is 5.44. The summed E-state index contributed by atoms with van der Waals surface area (Å²) in [6.45, 7) is 8.45. The first-order valence-corrected chi connectivity index (χ1v) is 14.0. The second-order valence-corrected chi connectivity index (χ2v) is 12.6. The maximum Gasteiger partial charge on any atom is 0.413 e. The van der Waals surface area contributed by atoms with Crippen molar-refractivity contribution in [3.63, 3.8) is 0 Å². The van der Waals surface area contributed by atoms with Gasteiger partial charge in [-0.2, -0.15) is 22.8 Å². The topological polar surface area (TPSA) is 104 Å². The molecule has 0 radical (unpaired) electrons. The summed E-state index contributed by atoms with van der Waals surface area (Å²) < 4.78 is 57.0. The number of anilines is 2.